The summed E-state index contributed by atoms with van der Waals surface area (Å²) >= 11 is 0. The Kier molecular flexibility index (Phi) is 12.6. The zero-order chi connectivity index (χ0) is 18.2. The first-order valence-corrected chi connectivity index (χ1v) is 9.36. The van der Waals surface area contributed by atoms with Gasteiger partial charge in [0, 0.05) is 40.0 Å². The van der Waals surface area contributed by atoms with Gasteiger partial charge in [0.25, 0.3) is 0 Å². The number of ether oxygens (including phenoxy) is 2. The van der Waals surface area contributed by atoms with Gasteiger partial charge in [-0.3, -0.25) is 4.99 Å². The number of nitrogens with one attached hydrogen (secondary N) is 2. The van der Waals surface area contributed by atoms with Gasteiger partial charge in [-0.1, -0.05) is 44.2 Å². The predicted molar refractivity (Wildman–Crippen MR) is 105 cm³/mol. The Bertz CT molecular complexity index is 450. The highest BCUT2D eigenvalue weighted by Crippen LogP contribution is 1.99. The second kappa shape index (κ2) is 14.7. The van der Waals surface area contributed by atoms with Crippen molar-refractivity contribution >= 4 is 5.96 Å². The van der Waals surface area contributed by atoms with Crippen LogP contribution in [-0.2, 0) is 15.9 Å². The Hall–Kier alpha value is -1.59. The Labute approximate surface area is 153 Å². The van der Waals surface area contributed by atoms with Gasteiger partial charge in [0.05, 0.1) is 6.61 Å². The largest absolute Gasteiger partial charge is 0.381 e. The number of guanidine groups is 1. The van der Waals surface area contributed by atoms with Gasteiger partial charge in [-0.05, 0) is 30.7 Å². The molecule has 0 saturated carbocycles. The SMILES string of the molecule is CN=C(NCCCOCCc1ccccc1)NCCCOCC(C)C. The minimum absolute atomic E-state index is 0.595. The molecule has 0 atom stereocenters. The first-order valence-electron chi connectivity index (χ1n) is 9.36. The topological polar surface area (TPSA) is 54.9 Å². The summed E-state index contributed by atoms with van der Waals surface area (Å²) in [5.74, 6) is 1.44. The van der Waals surface area contributed by atoms with E-state index < -0.39 is 0 Å². The van der Waals surface area contributed by atoms with E-state index in [1.807, 2.05) is 6.07 Å². The van der Waals surface area contributed by atoms with Crippen LogP contribution in [0.2, 0.25) is 0 Å². The van der Waals surface area contributed by atoms with E-state index in [1.54, 1.807) is 7.05 Å². The zero-order valence-corrected chi connectivity index (χ0v) is 16.1. The highest BCUT2D eigenvalue weighted by atomic mass is 16.5. The third kappa shape index (κ3) is 12.4. The van der Waals surface area contributed by atoms with E-state index in [0.29, 0.717) is 5.92 Å². The molecular formula is C20H35N3O2. The first kappa shape index (κ1) is 21.5. The standard InChI is InChI=1S/C20H35N3O2/c1-18(2)17-25-15-8-13-23-20(21-3)22-12-7-14-24-16-11-19-9-5-4-6-10-19/h4-6,9-10,18H,7-8,11-17H2,1-3H3,(H2,21,22,23). The van der Waals surface area contributed by atoms with Crippen LogP contribution in [0.15, 0.2) is 35.3 Å². The average Bonchev–Trinajstić information content (AvgIpc) is 2.62. The van der Waals surface area contributed by atoms with E-state index in [-0.39, 0.29) is 0 Å². The molecule has 1 aromatic rings. The highest BCUT2D eigenvalue weighted by molar-refractivity contribution is 5.79. The van der Waals surface area contributed by atoms with Crippen molar-refractivity contribution in [1.82, 2.24) is 10.6 Å². The number of benzene rings is 1. The molecule has 0 aliphatic rings. The predicted octanol–water partition coefficient (Wildman–Crippen LogP) is 2.86. The van der Waals surface area contributed by atoms with E-state index in [1.165, 1.54) is 5.56 Å². The molecule has 2 N–H and O–H groups in total. The van der Waals surface area contributed by atoms with Gasteiger partial charge in [-0.15, -0.1) is 0 Å². The maximum Gasteiger partial charge on any atom is 0.190 e. The van der Waals surface area contributed by atoms with Crippen LogP contribution < -0.4 is 10.6 Å². The third-order valence-electron chi connectivity index (χ3n) is 3.57. The van der Waals surface area contributed by atoms with Gasteiger partial charge in [0.2, 0.25) is 0 Å². The molecule has 0 amide bonds. The van der Waals surface area contributed by atoms with Crippen molar-refractivity contribution in [1.29, 1.82) is 0 Å². The lowest BCUT2D eigenvalue weighted by Gasteiger charge is -2.12. The molecule has 5 heteroatoms. The molecular weight excluding hydrogens is 314 g/mol. The van der Waals surface area contributed by atoms with Gasteiger partial charge < -0.3 is 20.1 Å². The van der Waals surface area contributed by atoms with Crippen molar-refractivity contribution in [3.63, 3.8) is 0 Å². The van der Waals surface area contributed by atoms with Crippen molar-refractivity contribution in [3.05, 3.63) is 35.9 Å². The summed E-state index contributed by atoms with van der Waals surface area (Å²) in [5.41, 5.74) is 1.32. The number of hydrogen-bond acceptors (Lipinski definition) is 3. The molecule has 25 heavy (non-hydrogen) atoms. The Morgan fingerprint density at radius 1 is 0.960 bits per heavy atom. The van der Waals surface area contributed by atoms with Crippen molar-refractivity contribution in [3.8, 4) is 0 Å². The van der Waals surface area contributed by atoms with Gasteiger partial charge in [-0.2, -0.15) is 0 Å². The smallest absolute Gasteiger partial charge is 0.190 e. The summed E-state index contributed by atoms with van der Waals surface area (Å²) in [6.07, 6.45) is 2.92. The highest BCUT2D eigenvalue weighted by Gasteiger charge is 1.98. The van der Waals surface area contributed by atoms with Crippen LogP contribution in [0, 0.1) is 5.92 Å². The van der Waals surface area contributed by atoms with Crippen LogP contribution in [0.5, 0.6) is 0 Å². The number of aliphatic imine (C=N–C) groups is 1. The minimum Gasteiger partial charge on any atom is -0.381 e. The lowest BCUT2D eigenvalue weighted by molar-refractivity contribution is 0.108. The number of rotatable bonds is 13. The second-order valence-electron chi connectivity index (χ2n) is 6.45. The molecule has 0 fully saturated rings. The lowest BCUT2D eigenvalue weighted by Crippen LogP contribution is -2.38. The average molecular weight is 350 g/mol. The van der Waals surface area contributed by atoms with Crippen molar-refractivity contribution in [2.75, 3.05) is 46.6 Å². The minimum atomic E-state index is 0.595. The second-order valence-corrected chi connectivity index (χ2v) is 6.45. The fraction of sp³-hybridized carbons (Fsp3) is 0.650. The van der Waals surface area contributed by atoms with Gasteiger partial charge in [-0.25, -0.2) is 0 Å². The van der Waals surface area contributed by atoms with Crippen LogP contribution >= 0.6 is 0 Å². The van der Waals surface area contributed by atoms with Gasteiger partial charge in [0.15, 0.2) is 5.96 Å². The maximum atomic E-state index is 5.68. The van der Waals surface area contributed by atoms with E-state index in [9.17, 15) is 0 Å². The molecule has 0 radical (unpaired) electrons. The van der Waals surface area contributed by atoms with Crippen LogP contribution in [0.4, 0.5) is 0 Å². The molecule has 0 bridgehead atoms. The lowest BCUT2D eigenvalue weighted by atomic mass is 10.2. The molecule has 142 valence electrons. The van der Waals surface area contributed by atoms with Crippen LogP contribution in [0.25, 0.3) is 0 Å². The molecule has 0 aliphatic carbocycles. The summed E-state index contributed by atoms with van der Waals surface area (Å²) in [4.78, 5) is 4.22. The monoisotopic (exact) mass is 349 g/mol. The molecule has 5 nitrogen and oxygen atoms in total. The van der Waals surface area contributed by atoms with Crippen LogP contribution in [-0.4, -0.2) is 52.5 Å². The fourth-order valence-corrected chi connectivity index (χ4v) is 2.24. The molecule has 1 aromatic carbocycles. The van der Waals surface area contributed by atoms with Gasteiger partial charge >= 0.3 is 0 Å². The molecule has 0 aromatic heterocycles. The molecule has 0 unspecified atom stereocenters. The van der Waals surface area contributed by atoms with E-state index >= 15 is 0 Å². The molecule has 0 heterocycles. The Balaban J connectivity index is 1.93. The zero-order valence-electron chi connectivity index (χ0n) is 16.1. The Morgan fingerprint density at radius 3 is 2.20 bits per heavy atom. The first-order chi connectivity index (χ1) is 12.2. The van der Waals surface area contributed by atoms with Crippen LogP contribution in [0.1, 0.15) is 32.3 Å². The summed E-state index contributed by atoms with van der Waals surface area (Å²) in [5, 5.41) is 6.60. The van der Waals surface area contributed by atoms with Crippen molar-refractivity contribution in [2.45, 2.75) is 33.1 Å². The fourth-order valence-electron chi connectivity index (χ4n) is 2.24. The summed E-state index contributed by atoms with van der Waals surface area (Å²) in [7, 11) is 1.79. The molecule has 0 aliphatic heterocycles. The maximum absolute atomic E-state index is 5.68. The van der Waals surface area contributed by atoms with Crippen molar-refractivity contribution in [2.24, 2.45) is 10.9 Å². The Morgan fingerprint density at radius 2 is 1.60 bits per heavy atom. The number of hydrogen-bond donors (Lipinski definition) is 2. The van der Waals surface area contributed by atoms with Gasteiger partial charge in [0.1, 0.15) is 0 Å². The third-order valence-corrected chi connectivity index (χ3v) is 3.57. The van der Waals surface area contributed by atoms with Crippen molar-refractivity contribution < 1.29 is 9.47 Å². The molecule has 0 spiro atoms. The van der Waals surface area contributed by atoms with E-state index in [0.717, 1.165) is 64.7 Å². The summed E-state index contributed by atoms with van der Waals surface area (Å²) < 4.78 is 11.2. The summed E-state index contributed by atoms with van der Waals surface area (Å²) in [6.45, 7) is 9.20. The van der Waals surface area contributed by atoms with E-state index in [2.05, 4.69) is 53.7 Å². The molecule has 1 rings (SSSR count). The normalized spacial score (nSPS) is 11.8. The molecule has 0 saturated heterocycles. The number of nitrogens with zero attached hydrogens (tertiary/aromatic N) is 1. The van der Waals surface area contributed by atoms with Crippen LogP contribution in [0.3, 0.4) is 0 Å². The summed E-state index contributed by atoms with van der Waals surface area (Å²) in [6, 6.07) is 10.4. The van der Waals surface area contributed by atoms with E-state index in [4.69, 9.17) is 9.47 Å². The quantitative estimate of drug-likeness (QED) is 0.327.